The monoisotopic (exact) mass is 553 g/mol. The Hall–Kier alpha value is -1.90. The van der Waals surface area contributed by atoms with Crippen molar-refractivity contribution in [3.8, 4) is 11.3 Å². The van der Waals surface area contributed by atoms with Crippen LogP contribution in [0.15, 0.2) is 74.2 Å². The summed E-state index contributed by atoms with van der Waals surface area (Å²) in [5, 5.41) is 0.593. The van der Waals surface area contributed by atoms with Crippen LogP contribution in [0.25, 0.3) is 17.4 Å². The van der Waals surface area contributed by atoms with Crippen molar-refractivity contribution in [2.24, 2.45) is 4.99 Å². The van der Waals surface area contributed by atoms with Crippen LogP contribution in [-0.4, -0.2) is 11.9 Å². The number of rotatable bonds is 3. The number of aliphatic imine (C=N–C) groups is 1. The fourth-order valence-electron chi connectivity index (χ4n) is 2.53. The lowest BCUT2D eigenvalue weighted by atomic mass is 10.2. The zero-order valence-electron chi connectivity index (χ0n) is 13.6. The predicted octanol–water partition coefficient (Wildman–Crippen LogP) is 6.31. The van der Waals surface area contributed by atoms with Crippen molar-refractivity contribution < 1.29 is 13.9 Å². The van der Waals surface area contributed by atoms with Crippen LogP contribution in [0.5, 0.6) is 0 Å². The third-order valence-electron chi connectivity index (χ3n) is 3.83. The second-order valence-corrected chi connectivity index (χ2v) is 8.07. The molecule has 2 heterocycles. The van der Waals surface area contributed by atoms with Crippen LogP contribution in [0.2, 0.25) is 5.02 Å². The van der Waals surface area contributed by atoms with Crippen molar-refractivity contribution in [3.63, 3.8) is 0 Å². The molecule has 1 aliphatic heterocycles. The quantitative estimate of drug-likeness (QED) is 0.217. The molecule has 4 nitrogen and oxygen atoms in total. The number of esters is 1. The largest absolute Gasteiger partial charge is 0.457 e. The molecule has 1 aromatic heterocycles. The van der Waals surface area contributed by atoms with E-state index in [0.717, 1.165) is 19.2 Å². The summed E-state index contributed by atoms with van der Waals surface area (Å²) in [6, 6.07) is 16.6. The molecule has 1 aliphatic rings. The fraction of sp³-hybridized carbons (Fsp3) is 0. The summed E-state index contributed by atoms with van der Waals surface area (Å²) >= 11 is 11.9. The number of hydrogen-bond acceptors (Lipinski definition) is 4. The molecule has 0 amide bonds. The van der Waals surface area contributed by atoms with Crippen molar-refractivity contribution in [2.75, 3.05) is 0 Å². The highest BCUT2D eigenvalue weighted by Crippen LogP contribution is 2.30. The molecule has 0 N–H and O–H groups in total. The lowest BCUT2D eigenvalue weighted by Gasteiger charge is -2.01. The number of carbonyl (C=O) groups is 1. The molecule has 0 radical (unpaired) electrons. The Balaban J connectivity index is 1.64. The van der Waals surface area contributed by atoms with E-state index in [4.69, 9.17) is 20.8 Å². The Morgan fingerprint density at radius 3 is 2.70 bits per heavy atom. The van der Waals surface area contributed by atoms with Gasteiger partial charge in [-0.25, -0.2) is 9.79 Å². The van der Waals surface area contributed by atoms with Crippen LogP contribution in [-0.2, 0) is 9.53 Å². The van der Waals surface area contributed by atoms with Gasteiger partial charge in [0.25, 0.3) is 0 Å². The number of ether oxygens (including phenoxy) is 1. The predicted molar refractivity (Wildman–Crippen MR) is 117 cm³/mol. The summed E-state index contributed by atoms with van der Waals surface area (Å²) in [5.74, 6) is 0.854. The molecule has 2 aromatic carbocycles. The highest BCUT2D eigenvalue weighted by Gasteiger charge is 2.25. The summed E-state index contributed by atoms with van der Waals surface area (Å²) in [6.07, 6.45) is 1.55. The van der Waals surface area contributed by atoms with E-state index >= 15 is 0 Å². The summed E-state index contributed by atoms with van der Waals surface area (Å²) in [4.78, 5) is 16.5. The van der Waals surface area contributed by atoms with Crippen LogP contribution >= 0.6 is 50.1 Å². The van der Waals surface area contributed by atoms with Crippen molar-refractivity contribution in [1.29, 1.82) is 0 Å². The normalized spacial score (nSPS) is 15.1. The molecule has 0 unspecified atom stereocenters. The molecule has 134 valence electrons. The Morgan fingerprint density at radius 1 is 1.11 bits per heavy atom. The zero-order valence-corrected chi connectivity index (χ0v) is 18.1. The average molecular weight is 555 g/mol. The molecule has 27 heavy (non-hydrogen) atoms. The second kappa shape index (κ2) is 7.61. The van der Waals surface area contributed by atoms with Gasteiger partial charge in [0.1, 0.15) is 11.5 Å². The van der Waals surface area contributed by atoms with E-state index in [0.29, 0.717) is 16.5 Å². The molecule has 3 aromatic rings. The van der Waals surface area contributed by atoms with Crippen molar-refractivity contribution in [3.05, 3.63) is 84.7 Å². The molecular formula is C20H10BrClINO3. The molecule has 4 rings (SSSR count). The van der Waals surface area contributed by atoms with Gasteiger partial charge in [-0.1, -0.05) is 23.7 Å². The van der Waals surface area contributed by atoms with Crippen molar-refractivity contribution >= 4 is 68.1 Å². The number of furan rings is 1. The van der Waals surface area contributed by atoms with Crippen LogP contribution in [0.4, 0.5) is 0 Å². The van der Waals surface area contributed by atoms with Gasteiger partial charge in [0.05, 0.1) is 5.02 Å². The summed E-state index contributed by atoms with van der Waals surface area (Å²) in [5.41, 5.74) is 1.68. The van der Waals surface area contributed by atoms with Gasteiger partial charge in [0.15, 0.2) is 5.70 Å². The SMILES string of the molecule is O=C1OC(c2ccc(I)c(Br)c2)=N/C1=C\c1ccc(-c2ccccc2Cl)o1. The maximum Gasteiger partial charge on any atom is 0.363 e. The number of benzene rings is 2. The number of halogens is 3. The minimum Gasteiger partial charge on any atom is -0.457 e. The van der Waals surface area contributed by atoms with Gasteiger partial charge in [0, 0.05) is 25.2 Å². The molecule has 0 saturated heterocycles. The fourth-order valence-corrected chi connectivity index (χ4v) is 3.48. The van der Waals surface area contributed by atoms with Gasteiger partial charge in [0.2, 0.25) is 5.90 Å². The third-order valence-corrected chi connectivity index (χ3v) is 6.50. The van der Waals surface area contributed by atoms with E-state index in [2.05, 4.69) is 43.5 Å². The molecule has 0 saturated carbocycles. The molecule has 0 aliphatic carbocycles. The summed E-state index contributed by atoms with van der Waals surface area (Å²) in [6.45, 7) is 0. The molecule has 0 bridgehead atoms. The standard InChI is InChI=1S/C20H10BrClINO3/c21-14-9-11(5-7-16(14)23)19-24-17(20(25)27-19)10-12-6-8-18(26-12)13-3-1-2-4-15(13)22/h1-10H/b17-10-. The maximum absolute atomic E-state index is 12.2. The van der Waals surface area contributed by atoms with Gasteiger partial charge in [-0.2, -0.15) is 0 Å². The minimum atomic E-state index is -0.518. The Bertz CT molecular complexity index is 1120. The lowest BCUT2D eigenvalue weighted by molar-refractivity contribution is -0.129. The minimum absolute atomic E-state index is 0.180. The van der Waals surface area contributed by atoms with Gasteiger partial charge in [-0.15, -0.1) is 0 Å². The number of nitrogens with zero attached hydrogens (tertiary/aromatic N) is 1. The summed E-state index contributed by atoms with van der Waals surface area (Å²) in [7, 11) is 0. The van der Waals surface area contributed by atoms with E-state index in [-0.39, 0.29) is 11.6 Å². The maximum atomic E-state index is 12.2. The van der Waals surface area contributed by atoms with Gasteiger partial charge >= 0.3 is 5.97 Å². The number of carbonyl (C=O) groups excluding carboxylic acids is 1. The smallest absolute Gasteiger partial charge is 0.363 e. The van der Waals surface area contributed by atoms with Gasteiger partial charge in [-0.3, -0.25) is 0 Å². The molecule has 7 heteroatoms. The van der Waals surface area contributed by atoms with Crippen molar-refractivity contribution in [1.82, 2.24) is 0 Å². The highest BCUT2D eigenvalue weighted by atomic mass is 127. The van der Waals surface area contributed by atoms with Crippen LogP contribution in [0.1, 0.15) is 11.3 Å². The average Bonchev–Trinajstić information content (AvgIpc) is 3.25. The highest BCUT2D eigenvalue weighted by molar-refractivity contribution is 14.1. The zero-order chi connectivity index (χ0) is 19.0. The van der Waals surface area contributed by atoms with Crippen LogP contribution < -0.4 is 0 Å². The Labute approximate surface area is 182 Å². The second-order valence-electron chi connectivity index (χ2n) is 5.65. The molecular weight excluding hydrogens is 544 g/mol. The van der Waals surface area contributed by atoms with E-state index in [1.54, 1.807) is 24.3 Å². The van der Waals surface area contributed by atoms with E-state index in [1.807, 2.05) is 36.4 Å². The van der Waals surface area contributed by atoms with E-state index in [9.17, 15) is 4.79 Å². The molecule has 0 spiro atoms. The van der Waals surface area contributed by atoms with Gasteiger partial charge < -0.3 is 9.15 Å². The molecule has 0 atom stereocenters. The Morgan fingerprint density at radius 2 is 1.93 bits per heavy atom. The van der Waals surface area contributed by atoms with Crippen LogP contribution in [0.3, 0.4) is 0 Å². The molecule has 0 fully saturated rings. The van der Waals surface area contributed by atoms with E-state index in [1.165, 1.54) is 0 Å². The number of cyclic esters (lactones) is 1. The van der Waals surface area contributed by atoms with Gasteiger partial charge in [-0.05, 0) is 81.0 Å². The first-order valence-electron chi connectivity index (χ1n) is 7.84. The summed E-state index contributed by atoms with van der Waals surface area (Å²) < 4.78 is 13.0. The topological polar surface area (TPSA) is 51.8 Å². The van der Waals surface area contributed by atoms with E-state index < -0.39 is 5.97 Å². The third kappa shape index (κ3) is 3.88. The van der Waals surface area contributed by atoms with Crippen LogP contribution in [0, 0.1) is 3.57 Å². The Kier molecular flexibility index (Phi) is 5.21. The van der Waals surface area contributed by atoms with Crippen molar-refractivity contribution in [2.45, 2.75) is 0 Å². The number of hydrogen-bond donors (Lipinski definition) is 0. The first kappa shape index (κ1) is 18.5. The first-order chi connectivity index (χ1) is 13.0. The first-order valence-corrected chi connectivity index (χ1v) is 10.1. The lowest BCUT2D eigenvalue weighted by Crippen LogP contribution is -2.05.